The standard InChI is InChI=1S/C20H23N7O/c1-21-10-16(28)23-9-12-5-4-6-13(7-12)15-8-14-18-17(24-11-27(18)3)20(22-2)26-19(14)25-15/h4-8,11,21H,9-10H2,1-3H3,(H,23,28)(H2,22,25,26). The first-order chi connectivity index (χ1) is 13.6. The maximum absolute atomic E-state index is 11.7. The largest absolute Gasteiger partial charge is 0.371 e. The molecule has 0 aliphatic heterocycles. The Hall–Kier alpha value is -3.39. The number of hydrogen-bond acceptors (Lipinski definition) is 5. The van der Waals surface area contributed by atoms with Gasteiger partial charge in [-0.3, -0.25) is 4.79 Å². The van der Waals surface area contributed by atoms with Gasteiger partial charge >= 0.3 is 0 Å². The molecule has 0 bridgehead atoms. The second-order valence-electron chi connectivity index (χ2n) is 6.72. The minimum atomic E-state index is -0.0269. The predicted octanol–water partition coefficient (Wildman–Crippen LogP) is 1.99. The summed E-state index contributed by atoms with van der Waals surface area (Å²) in [4.78, 5) is 24.2. The highest BCUT2D eigenvalue weighted by atomic mass is 16.1. The minimum Gasteiger partial charge on any atom is -0.371 e. The van der Waals surface area contributed by atoms with Gasteiger partial charge < -0.3 is 25.5 Å². The van der Waals surface area contributed by atoms with Crippen LogP contribution in [0.15, 0.2) is 36.7 Å². The van der Waals surface area contributed by atoms with Crippen LogP contribution in [0.25, 0.3) is 33.3 Å². The number of likely N-dealkylation sites (N-methyl/N-ethyl adjacent to an activating group) is 1. The molecule has 28 heavy (non-hydrogen) atoms. The molecule has 1 aromatic carbocycles. The van der Waals surface area contributed by atoms with Crippen LogP contribution in [0.3, 0.4) is 0 Å². The van der Waals surface area contributed by atoms with Gasteiger partial charge in [0.15, 0.2) is 5.82 Å². The summed E-state index contributed by atoms with van der Waals surface area (Å²) in [7, 11) is 5.58. The highest BCUT2D eigenvalue weighted by Crippen LogP contribution is 2.31. The molecule has 8 nitrogen and oxygen atoms in total. The Morgan fingerprint density at radius 1 is 1.25 bits per heavy atom. The summed E-state index contributed by atoms with van der Waals surface area (Å²) in [5.74, 6) is 0.721. The number of carbonyl (C=O) groups excluding carboxylic acids is 1. The first kappa shape index (κ1) is 18.0. The Labute approximate surface area is 162 Å². The van der Waals surface area contributed by atoms with Gasteiger partial charge in [-0.15, -0.1) is 0 Å². The van der Waals surface area contributed by atoms with Crippen molar-refractivity contribution >= 4 is 33.8 Å². The number of carbonyl (C=O) groups is 1. The summed E-state index contributed by atoms with van der Waals surface area (Å²) in [5, 5.41) is 9.89. The van der Waals surface area contributed by atoms with Gasteiger partial charge in [-0.25, -0.2) is 9.97 Å². The van der Waals surface area contributed by atoms with Crippen molar-refractivity contribution < 1.29 is 4.79 Å². The number of H-pyrrole nitrogens is 1. The van der Waals surface area contributed by atoms with E-state index in [1.165, 1.54) is 0 Å². The molecule has 0 unspecified atom stereocenters. The van der Waals surface area contributed by atoms with Gasteiger partial charge in [0.2, 0.25) is 5.91 Å². The van der Waals surface area contributed by atoms with Crippen molar-refractivity contribution in [3.8, 4) is 11.3 Å². The SMILES string of the molecule is CNCC(=O)NCc1cccc(-c2cc3c(nc(NC)c4ncn(C)c43)[nH]2)c1. The molecule has 0 atom stereocenters. The monoisotopic (exact) mass is 377 g/mol. The zero-order valence-corrected chi connectivity index (χ0v) is 16.1. The van der Waals surface area contributed by atoms with Gasteiger partial charge in [-0.1, -0.05) is 18.2 Å². The molecular weight excluding hydrogens is 354 g/mol. The highest BCUT2D eigenvalue weighted by Gasteiger charge is 2.15. The third-order valence-corrected chi connectivity index (χ3v) is 4.74. The van der Waals surface area contributed by atoms with Gasteiger partial charge in [0.25, 0.3) is 0 Å². The van der Waals surface area contributed by atoms with Gasteiger partial charge in [0.05, 0.1) is 18.4 Å². The molecule has 0 aliphatic carbocycles. The second-order valence-corrected chi connectivity index (χ2v) is 6.72. The van der Waals surface area contributed by atoms with Crippen molar-refractivity contribution in [2.75, 3.05) is 26.0 Å². The van der Waals surface area contributed by atoms with E-state index < -0.39 is 0 Å². The predicted molar refractivity (Wildman–Crippen MR) is 111 cm³/mol. The van der Waals surface area contributed by atoms with Gasteiger partial charge in [-0.05, 0) is 30.3 Å². The van der Waals surface area contributed by atoms with Gasteiger partial charge in [0.1, 0.15) is 11.2 Å². The third-order valence-electron chi connectivity index (χ3n) is 4.74. The average Bonchev–Trinajstić information content (AvgIpc) is 3.30. The number of imidazole rings is 1. The maximum Gasteiger partial charge on any atom is 0.234 e. The fourth-order valence-corrected chi connectivity index (χ4v) is 3.40. The zero-order chi connectivity index (χ0) is 19.7. The Bertz CT molecular complexity index is 1160. The van der Waals surface area contributed by atoms with E-state index in [0.717, 1.165) is 44.7 Å². The first-order valence-electron chi connectivity index (χ1n) is 9.13. The van der Waals surface area contributed by atoms with E-state index in [0.29, 0.717) is 13.1 Å². The lowest BCUT2D eigenvalue weighted by atomic mass is 10.1. The molecule has 4 rings (SSSR count). The van der Waals surface area contributed by atoms with E-state index in [2.05, 4.69) is 43.0 Å². The fourth-order valence-electron chi connectivity index (χ4n) is 3.40. The van der Waals surface area contributed by atoms with Crippen LogP contribution in [0, 0.1) is 0 Å². The number of aromatic amines is 1. The Kier molecular flexibility index (Phi) is 4.70. The minimum absolute atomic E-state index is 0.0269. The topological polar surface area (TPSA) is 99.7 Å². The van der Waals surface area contributed by atoms with Crippen LogP contribution >= 0.6 is 0 Å². The van der Waals surface area contributed by atoms with Crippen LogP contribution in [0.2, 0.25) is 0 Å². The van der Waals surface area contributed by atoms with Crippen LogP contribution in [0.5, 0.6) is 0 Å². The number of anilines is 1. The number of pyridine rings is 1. The molecule has 1 amide bonds. The van der Waals surface area contributed by atoms with Crippen LogP contribution in [-0.2, 0) is 18.4 Å². The summed E-state index contributed by atoms with van der Waals surface area (Å²) in [6.07, 6.45) is 1.80. The summed E-state index contributed by atoms with van der Waals surface area (Å²) >= 11 is 0. The zero-order valence-electron chi connectivity index (χ0n) is 16.1. The number of nitrogens with one attached hydrogen (secondary N) is 4. The fraction of sp³-hybridized carbons (Fsp3) is 0.250. The average molecular weight is 377 g/mol. The molecular formula is C20H23N7O. The number of nitrogens with zero attached hydrogens (tertiary/aromatic N) is 3. The lowest BCUT2D eigenvalue weighted by Crippen LogP contribution is -2.31. The molecule has 4 N–H and O–H groups in total. The van der Waals surface area contributed by atoms with Crippen LogP contribution < -0.4 is 16.0 Å². The molecule has 0 saturated heterocycles. The van der Waals surface area contributed by atoms with Gasteiger partial charge in [0, 0.05) is 31.7 Å². The van der Waals surface area contributed by atoms with Gasteiger partial charge in [-0.2, -0.15) is 0 Å². The van der Waals surface area contributed by atoms with E-state index >= 15 is 0 Å². The summed E-state index contributed by atoms with van der Waals surface area (Å²) in [5.41, 5.74) is 5.75. The summed E-state index contributed by atoms with van der Waals surface area (Å²) in [6.45, 7) is 0.796. The van der Waals surface area contributed by atoms with Crippen LogP contribution in [-0.4, -0.2) is 46.1 Å². The Balaban J connectivity index is 1.72. The number of benzene rings is 1. The quantitative estimate of drug-likeness (QED) is 0.412. The van der Waals surface area contributed by atoms with Crippen molar-refractivity contribution in [1.82, 2.24) is 30.2 Å². The molecule has 0 aliphatic rings. The smallest absolute Gasteiger partial charge is 0.234 e. The molecule has 8 heteroatoms. The van der Waals surface area contributed by atoms with Crippen LogP contribution in [0.4, 0.5) is 5.82 Å². The second kappa shape index (κ2) is 7.32. The number of amides is 1. The molecule has 4 aromatic rings. The van der Waals surface area contributed by atoms with E-state index in [-0.39, 0.29) is 5.91 Å². The first-order valence-corrected chi connectivity index (χ1v) is 9.13. The number of hydrogen-bond donors (Lipinski definition) is 4. The molecule has 3 aromatic heterocycles. The Morgan fingerprint density at radius 2 is 2.11 bits per heavy atom. The highest BCUT2D eigenvalue weighted by molar-refractivity contribution is 6.07. The number of aromatic nitrogens is 4. The van der Waals surface area contributed by atoms with E-state index in [4.69, 9.17) is 0 Å². The summed E-state index contributed by atoms with van der Waals surface area (Å²) in [6, 6.07) is 10.2. The van der Waals surface area contributed by atoms with E-state index in [9.17, 15) is 4.79 Å². The van der Waals surface area contributed by atoms with Crippen molar-refractivity contribution in [2.24, 2.45) is 7.05 Å². The third kappa shape index (κ3) is 3.18. The Morgan fingerprint density at radius 3 is 2.89 bits per heavy atom. The van der Waals surface area contributed by atoms with E-state index in [1.54, 1.807) is 13.4 Å². The molecule has 0 radical (unpaired) electrons. The summed E-state index contributed by atoms with van der Waals surface area (Å²) < 4.78 is 2.01. The molecule has 0 fully saturated rings. The molecule has 3 heterocycles. The van der Waals surface area contributed by atoms with Crippen molar-refractivity contribution in [1.29, 1.82) is 0 Å². The van der Waals surface area contributed by atoms with Crippen molar-refractivity contribution in [3.05, 3.63) is 42.2 Å². The normalized spacial score (nSPS) is 11.2. The van der Waals surface area contributed by atoms with Crippen molar-refractivity contribution in [2.45, 2.75) is 6.54 Å². The molecule has 0 saturated carbocycles. The maximum atomic E-state index is 11.7. The molecule has 0 spiro atoms. The number of aryl methyl sites for hydroxylation is 1. The van der Waals surface area contributed by atoms with Crippen LogP contribution in [0.1, 0.15) is 5.56 Å². The number of fused-ring (bicyclic) bond motifs is 3. The van der Waals surface area contributed by atoms with E-state index in [1.807, 2.05) is 36.9 Å². The number of rotatable bonds is 6. The molecule has 144 valence electrons. The lowest BCUT2D eigenvalue weighted by molar-refractivity contribution is -0.120. The van der Waals surface area contributed by atoms with Crippen molar-refractivity contribution in [3.63, 3.8) is 0 Å². The lowest BCUT2D eigenvalue weighted by Gasteiger charge is -2.06.